The standard InChI is InChI=1S/C8H12O4/c1-4-5(2)6(7(9)10)8(11)12-3/h4,6H,1-3H3,(H,9,10)/b5-4-. The highest BCUT2D eigenvalue weighted by Gasteiger charge is 2.28. The zero-order valence-corrected chi connectivity index (χ0v) is 7.33. The third-order valence-corrected chi connectivity index (χ3v) is 1.59. The van der Waals surface area contributed by atoms with E-state index in [2.05, 4.69) is 4.74 Å². The van der Waals surface area contributed by atoms with E-state index < -0.39 is 17.9 Å². The number of ether oxygens (including phenoxy) is 1. The molecule has 4 nitrogen and oxygen atoms in total. The maximum Gasteiger partial charge on any atom is 0.324 e. The molecule has 0 radical (unpaired) electrons. The molecule has 0 aliphatic heterocycles. The molecule has 0 saturated heterocycles. The lowest BCUT2D eigenvalue weighted by atomic mass is 10.0. The fourth-order valence-corrected chi connectivity index (χ4v) is 0.766. The molecule has 0 aliphatic rings. The van der Waals surface area contributed by atoms with Gasteiger partial charge in [0.05, 0.1) is 7.11 Å². The molecule has 0 bridgehead atoms. The van der Waals surface area contributed by atoms with Crippen molar-refractivity contribution in [1.82, 2.24) is 0 Å². The number of hydrogen-bond donors (Lipinski definition) is 1. The summed E-state index contributed by atoms with van der Waals surface area (Å²) in [4.78, 5) is 21.5. The molecule has 0 aromatic heterocycles. The maximum absolute atomic E-state index is 10.9. The predicted octanol–water partition coefficient (Wildman–Crippen LogP) is 0.826. The van der Waals surface area contributed by atoms with Gasteiger partial charge in [-0.15, -0.1) is 0 Å². The number of rotatable bonds is 3. The van der Waals surface area contributed by atoms with Crippen LogP contribution in [0.3, 0.4) is 0 Å². The first kappa shape index (κ1) is 10.7. The van der Waals surface area contributed by atoms with Gasteiger partial charge in [-0.05, 0) is 13.8 Å². The van der Waals surface area contributed by atoms with Crippen LogP contribution in [0, 0.1) is 5.92 Å². The second-order valence-corrected chi connectivity index (χ2v) is 2.33. The highest BCUT2D eigenvalue weighted by molar-refractivity contribution is 5.97. The summed E-state index contributed by atoms with van der Waals surface area (Å²) in [5.41, 5.74) is 0.481. The molecule has 0 spiro atoms. The Morgan fingerprint density at radius 1 is 1.50 bits per heavy atom. The van der Waals surface area contributed by atoms with E-state index in [1.807, 2.05) is 0 Å². The molecule has 1 N–H and O–H groups in total. The van der Waals surface area contributed by atoms with Crippen LogP contribution in [0.5, 0.6) is 0 Å². The Morgan fingerprint density at radius 3 is 2.25 bits per heavy atom. The number of methoxy groups -OCH3 is 1. The monoisotopic (exact) mass is 172 g/mol. The van der Waals surface area contributed by atoms with E-state index in [9.17, 15) is 9.59 Å². The fourth-order valence-electron chi connectivity index (χ4n) is 0.766. The van der Waals surface area contributed by atoms with Crippen molar-refractivity contribution < 1.29 is 19.4 Å². The van der Waals surface area contributed by atoms with Crippen LogP contribution in [0.25, 0.3) is 0 Å². The first-order valence-electron chi connectivity index (χ1n) is 3.48. The molecule has 0 aliphatic carbocycles. The second kappa shape index (κ2) is 4.54. The van der Waals surface area contributed by atoms with Gasteiger partial charge in [-0.25, -0.2) is 0 Å². The zero-order chi connectivity index (χ0) is 9.72. The Hall–Kier alpha value is -1.32. The number of hydrogen-bond acceptors (Lipinski definition) is 3. The topological polar surface area (TPSA) is 63.6 Å². The van der Waals surface area contributed by atoms with E-state index >= 15 is 0 Å². The minimum Gasteiger partial charge on any atom is -0.480 e. The van der Waals surface area contributed by atoms with Crippen LogP contribution in [0.4, 0.5) is 0 Å². The van der Waals surface area contributed by atoms with Gasteiger partial charge in [0, 0.05) is 0 Å². The van der Waals surface area contributed by atoms with Crippen molar-refractivity contribution in [3.8, 4) is 0 Å². The first-order chi connectivity index (χ1) is 5.54. The number of allylic oxidation sites excluding steroid dienone is 1. The van der Waals surface area contributed by atoms with Crippen molar-refractivity contribution in [1.29, 1.82) is 0 Å². The minimum atomic E-state index is -1.18. The van der Waals surface area contributed by atoms with Gasteiger partial charge >= 0.3 is 11.9 Å². The van der Waals surface area contributed by atoms with E-state index in [0.29, 0.717) is 5.57 Å². The van der Waals surface area contributed by atoms with Gasteiger partial charge in [0.15, 0.2) is 5.92 Å². The fraction of sp³-hybridized carbons (Fsp3) is 0.500. The number of aliphatic carboxylic acids is 1. The third kappa shape index (κ3) is 2.38. The summed E-state index contributed by atoms with van der Waals surface area (Å²) in [6, 6.07) is 0. The lowest BCUT2D eigenvalue weighted by Gasteiger charge is -2.09. The van der Waals surface area contributed by atoms with Crippen LogP contribution in [0.1, 0.15) is 13.8 Å². The van der Waals surface area contributed by atoms with Crippen molar-refractivity contribution in [3.63, 3.8) is 0 Å². The van der Waals surface area contributed by atoms with Gasteiger partial charge in [-0.1, -0.05) is 11.6 Å². The summed E-state index contributed by atoms with van der Waals surface area (Å²) < 4.78 is 4.34. The highest BCUT2D eigenvalue weighted by Crippen LogP contribution is 2.11. The Balaban J connectivity index is 4.67. The molecule has 1 atom stereocenters. The van der Waals surface area contributed by atoms with Crippen molar-refractivity contribution in [2.45, 2.75) is 13.8 Å². The smallest absolute Gasteiger partial charge is 0.324 e. The first-order valence-corrected chi connectivity index (χ1v) is 3.48. The van der Waals surface area contributed by atoms with Gasteiger partial charge in [-0.2, -0.15) is 0 Å². The summed E-state index contributed by atoms with van der Waals surface area (Å²) in [7, 11) is 1.17. The molecule has 4 heteroatoms. The Kier molecular flexibility index (Phi) is 4.04. The van der Waals surface area contributed by atoms with Gasteiger partial charge in [0.2, 0.25) is 0 Å². The third-order valence-electron chi connectivity index (χ3n) is 1.59. The highest BCUT2D eigenvalue weighted by atomic mass is 16.5. The molecule has 0 fully saturated rings. The van der Waals surface area contributed by atoms with Gasteiger partial charge in [0.1, 0.15) is 0 Å². The molecular formula is C8H12O4. The van der Waals surface area contributed by atoms with Gasteiger partial charge in [-0.3, -0.25) is 9.59 Å². The van der Waals surface area contributed by atoms with E-state index in [4.69, 9.17) is 5.11 Å². The van der Waals surface area contributed by atoms with Crippen LogP contribution < -0.4 is 0 Å². The second-order valence-electron chi connectivity index (χ2n) is 2.33. The van der Waals surface area contributed by atoms with E-state index in [0.717, 1.165) is 0 Å². The maximum atomic E-state index is 10.9. The normalized spacial score (nSPS) is 13.8. The molecule has 68 valence electrons. The van der Waals surface area contributed by atoms with Crippen LogP contribution in [0.15, 0.2) is 11.6 Å². The lowest BCUT2D eigenvalue weighted by molar-refractivity contribution is -0.154. The number of carboxylic acids is 1. The summed E-state index contributed by atoms with van der Waals surface area (Å²) in [6.07, 6.45) is 1.58. The van der Waals surface area contributed by atoms with E-state index in [1.54, 1.807) is 19.9 Å². The van der Waals surface area contributed by atoms with Crippen molar-refractivity contribution in [3.05, 3.63) is 11.6 Å². The number of carbonyl (C=O) groups excluding carboxylic acids is 1. The van der Waals surface area contributed by atoms with Crippen LogP contribution in [0.2, 0.25) is 0 Å². The predicted molar refractivity (Wildman–Crippen MR) is 42.6 cm³/mol. The van der Waals surface area contributed by atoms with Crippen molar-refractivity contribution >= 4 is 11.9 Å². The molecule has 1 unspecified atom stereocenters. The van der Waals surface area contributed by atoms with Crippen LogP contribution in [-0.4, -0.2) is 24.2 Å². The average molecular weight is 172 g/mol. The zero-order valence-electron chi connectivity index (χ0n) is 7.33. The van der Waals surface area contributed by atoms with Gasteiger partial charge < -0.3 is 9.84 Å². The molecule has 0 aromatic carbocycles. The van der Waals surface area contributed by atoms with Crippen molar-refractivity contribution in [2.75, 3.05) is 7.11 Å². The largest absolute Gasteiger partial charge is 0.480 e. The van der Waals surface area contributed by atoms with Crippen LogP contribution >= 0.6 is 0 Å². The van der Waals surface area contributed by atoms with Crippen molar-refractivity contribution in [2.24, 2.45) is 5.92 Å². The Labute approximate surface area is 70.8 Å². The molecule has 0 rings (SSSR count). The summed E-state index contributed by atoms with van der Waals surface area (Å²) in [6.45, 7) is 3.25. The molecule has 0 saturated carbocycles. The van der Waals surface area contributed by atoms with E-state index in [-0.39, 0.29) is 0 Å². The number of carbonyl (C=O) groups is 2. The minimum absolute atomic E-state index is 0.481. The Bertz CT molecular complexity index is 217. The molecule has 0 aromatic rings. The lowest BCUT2D eigenvalue weighted by Crippen LogP contribution is -2.25. The molecule has 0 heterocycles. The number of carboxylic acid groups (broad SMARTS) is 1. The molecule has 12 heavy (non-hydrogen) atoms. The average Bonchev–Trinajstić information content (AvgIpc) is 2.03. The summed E-state index contributed by atoms with van der Waals surface area (Å²) in [5, 5.41) is 8.63. The SMILES string of the molecule is C/C=C(/C)C(C(=O)O)C(=O)OC. The summed E-state index contributed by atoms with van der Waals surface area (Å²) in [5.74, 6) is -3.09. The molecular weight excluding hydrogens is 160 g/mol. The Morgan fingerprint density at radius 2 is 2.00 bits per heavy atom. The number of esters is 1. The van der Waals surface area contributed by atoms with Gasteiger partial charge in [0.25, 0.3) is 0 Å². The quantitative estimate of drug-likeness (QED) is 0.389. The van der Waals surface area contributed by atoms with E-state index in [1.165, 1.54) is 7.11 Å². The molecule has 0 amide bonds. The summed E-state index contributed by atoms with van der Waals surface area (Å²) >= 11 is 0. The van der Waals surface area contributed by atoms with Crippen LogP contribution in [-0.2, 0) is 14.3 Å².